The Bertz CT molecular complexity index is 366. The highest BCUT2D eigenvalue weighted by Crippen LogP contribution is 2.30. The molecular weight excluding hydrogens is 254 g/mol. The lowest BCUT2D eigenvalue weighted by Gasteiger charge is -2.35. The monoisotopic (exact) mass is 281 g/mol. The first kappa shape index (κ1) is 15.3. The number of carbonyl (C=O) groups excluding carboxylic acids is 2. The molecule has 2 fully saturated rings. The maximum atomic E-state index is 12.2. The van der Waals surface area contributed by atoms with Gasteiger partial charge in [-0.15, -0.1) is 0 Å². The van der Waals surface area contributed by atoms with E-state index in [1.54, 1.807) is 0 Å². The summed E-state index contributed by atoms with van der Waals surface area (Å²) in [6, 6.07) is 0. The van der Waals surface area contributed by atoms with Gasteiger partial charge in [-0.25, -0.2) is 0 Å². The Kier molecular flexibility index (Phi) is 5.02. The summed E-state index contributed by atoms with van der Waals surface area (Å²) in [4.78, 5) is 26.1. The molecule has 1 heterocycles. The Labute approximate surface area is 121 Å². The van der Waals surface area contributed by atoms with Crippen molar-refractivity contribution in [2.75, 3.05) is 19.6 Å². The summed E-state index contributed by atoms with van der Waals surface area (Å²) in [5.41, 5.74) is 5.44. The molecule has 0 bridgehead atoms. The van der Waals surface area contributed by atoms with Crippen LogP contribution in [-0.4, -0.2) is 41.9 Å². The van der Waals surface area contributed by atoms with Gasteiger partial charge in [-0.05, 0) is 38.0 Å². The molecule has 2 amide bonds. The molecule has 0 aromatic heterocycles. The minimum atomic E-state index is -0.778. The van der Waals surface area contributed by atoms with Gasteiger partial charge in [-0.2, -0.15) is 0 Å². The molecule has 1 aliphatic heterocycles. The minimum Gasteiger partial charge on any atom is -0.345 e. The maximum absolute atomic E-state index is 12.2. The highest BCUT2D eigenvalue weighted by molar-refractivity contribution is 5.90. The molecule has 0 spiro atoms. The van der Waals surface area contributed by atoms with Gasteiger partial charge in [-0.3, -0.25) is 9.59 Å². The van der Waals surface area contributed by atoms with Crippen molar-refractivity contribution < 1.29 is 9.59 Å². The number of nitrogens with two attached hydrogens (primary N) is 1. The first-order chi connectivity index (χ1) is 9.51. The smallest absolute Gasteiger partial charge is 0.241 e. The summed E-state index contributed by atoms with van der Waals surface area (Å²) in [5.74, 6) is 0.345. The molecule has 5 heteroatoms. The normalized spacial score (nSPS) is 30.9. The molecule has 20 heavy (non-hydrogen) atoms. The van der Waals surface area contributed by atoms with E-state index >= 15 is 0 Å². The summed E-state index contributed by atoms with van der Waals surface area (Å²) in [6.45, 7) is 3.86. The zero-order valence-corrected chi connectivity index (χ0v) is 12.5. The van der Waals surface area contributed by atoms with E-state index in [1.165, 1.54) is 6.42 Å². The second-order valence-electron chi connectivity index (χ2n) is 6.48. The quantitative estimate of drug-likeness (QED) is 0.811. The van der Waals surface area contributed by atoms with Crippen molar-refractivity contribution in [1.82, 2.24) is 10.2 Å². The van der Waals surface area contributed by atoms with Crippen LogP contribution in [0.3, 0.4) is 0 Å². The molecule has 1 saturated heterocycles. The standard InChI is InChI=1S/C15H27N3O2/c1-12-6-5-7-15(16,10-12)14(20)17-11-13(19)18-8-3-2-4-9-18/h12H,2-11,16H2,1H3,(H,17,20). The Morgan fingerprint density at radius 3 is 2.60 bits per heavy atom. The number of likely N-dealkylation sites (tertiary alicyclic amines) is 1. The fourth-order valence-electron chi connectivity index (χ4n) is 3.39. The second-order valence-corrected chi connectivity index (χ2v) is 6.48. The summed E-state index contributed by atoms with van der Waals surface area (Å²) >= 11 is 0. The van der Waals surface area contributed by atoms with E-state index < -0.39 is 5.54 Å². The molecule has 5 nitrogen and oxygen atoms in total. The van der Waals surface area contributed by atoms with Crippen molar-refractivity contribution in [3.63, 3.8) is 0 Å². The van der Waals surface area contributed by atoms with Crippen LogP contribution in [0.1, 0.15) is 51.9 Å². The fourth-order valence-corrected chi connectivity index (χ4v) is 3.39. The first-order valence-corrected chi connectivity index (χ1v) is 7.86. The molecule has 1 saturated carbocycles. The van der Waals surface area contributed by atoms with E-state index in [0.29, 0.717) is 5.92 Å². The zero-order valence-electron chi connectivity index (χ0n) is 12.5. The average Bonchev–Trinajstić information content (AvgIpc) is 2.45. The largest absolute Gasteiger partial charge is 0.345 e. The molecule has 0 aromatic rings. The van der Waals surface area contributed by atoms with Crippen LogP contribution in [0.15, 0.2) is 0 Å². The van der Waals surface area contributed by atoms with Gasteiger partial charge < -0.3 is 16.0 Å². The highest BCUT2D eigenvalue weighted by Gasteiger charge is 2.38. The van der Waals surface area contributed by atoms with Gasteiger partial charge in [0.1, 0.15) is 0 Å². The lowest BCUT2D eigenvalue weighted by molar-refractivity contribution is -0.135. The molecule has 2 atom stereocenters. The van der Waals surface area contributed by atoms with Crippen LogP contribution in [0.2, 0.25) is 0 Å². The van der Waals surface area contributed by atoms with Crippen molar-refractivity contribution in [3.05, 3.63) is 0 Å². The second kappa shape index (κ2) is 6.57. The van der Waals surface area contributed by atoms with Gasteiger partial charge >= 0.3 is 0 Å². The molecule has 2 rings (SSSR count). The zero-order chi connectivity index (χ0) is 14.6. The van der Waals surface area contributed by atoms with Crippen molar-refractivity contribution in [1.29, 1.82) is 0 Å². The number of carbonyl (C=O) groups is 2. The number of amides is 2. The third-order valence-electron chi connectivity index (χ3n) is 4.59. The summed E-state index contributed by atoms with van der Waals surface area (Å²) in [6.07, 6.45) is 6.90. The Hall–Kier alpha value is -1.10. The first-order valence-electron chi connectivity index (χ1n) is 7.86. The predicted octanol–water partition coefficient (Wildman–Crippen LogP) is 1.02. The molecular formula is C15H27N3O2. The minimum absolute atomic E-state index is 0.0190. The molecule has 2 aliphatic rings. The van der Waals surface area contributed by atoms with Crippen LogP contribution < -0.4 is 11.1 Å². The molecule has 0 radical (unpaired) electrons. The SMILES string of the molecule is CC1CCCC(N)(C(=O)NCC(=O)N2CCCCC2)C1. The Morgan fingerprint density at radius 1 is 1.25 bits per heavy atom. The number of nitrogens with one attached hydrogen (secondary N) is 1. The van der Waals surface area contributed by atoms with E-state index in [-0.39, 0.29) is 18.4 Å². The summed E-state index contributed by atoms with van der Waals surface area (Å²) in [7, 11) is 0. The van der Waals surface area contributed by atoms with Crippen LogP contribution in [0.25, 0.3) is 0 Å². The third kappa shape index (κ3) is 3.72. The molecule has 2 unspecified atom stereocenters. The average molecular weight is 281 g/mol. The molecule has 1 aliphatic carbocycles. The topological polar surface area (TPSA) is 75.4 Å². The van der Waals surface area contributed by atoms with E-state index in [4.69, 9.17) is 5.73 Å². The highest BCUT2D eigenvalue weighted by atomic mass is 16.2. The number of hydrogen-bond acceptors (Lipinski definition) is 3. The third-order valence-corrected chi connectivity index (χ3v) is 4.59. The van der Waals surface area contributed by atoms with Gasteiger partial charge in [0.2, 0.25) is 11.8 Å². The van der Waals surface area contributed by atoms with Crippen LogP contribution in [0.4, 0.5) is 0 Å². The van der Waals surface area contributed by atoms with E-state index in [0.717, 1.165) is 51.6 Å². The van der Waals surface area contributed by atoms with Crippen LogP contribution in [0.5, 0.6) is 0 Å². The van der Waals surface area contributed by atoms with Gasteiger partial charge in [0.05, 0.1) is 12.1 Å². The van der Waals surface area contributed by atoms with Crippen LogP contribution in [-0.2, 0) is 9.59 Å². The van der Waals surface area contributed by atoms with Crippen LogP contribution in [0, 0.1) is 5.92 Å². The van der Waals surface area contributed by atoms with Crippen LogP contribution >= 0.6 is 0 Å². The molecule has 0 aromatic carbocycles. The lowest BCUT2D eigenvalue weighted by Crippen LogP contribution is -2.57. The van der Waals surface area contributed by atoms with E-state index in [2.05, 4.69) is 12.2 Å². The maximum Gasteiger partial charge on any atom is 0.241 e. The fraction of sp³-hybridized carbons (Fsp3) is 0.867. The lowest BCUT2D eigenvalue weighted by atomic mass is 9.76. The molecule has 114 valence electrons. The van der Waals surface area contributed by atoms with E-state index in [9.17, 15) is 9.59 Å². The number of nitrogens with zero attached hydrogens (tertiary/aromatic N) is 1. The summed E-state index contributed by atoms with van der Waals surface area (Å²) < 4.78 is 0. The number of hydrogen-bond donors (Lipinski definition) is 2. The van der Waals surface area contributed by atoms with Crippen molar-refractivity contribution in [2.45, 2.75) is 57.4 Å². The predicted molar refractivity (Wildman–Crippen MR) is 78.0 cm³/mol. The number of piperidine rings is 1. The van der Waals surface area contributed by atoms with Gasteiger partial charge in [0.25, 0.3) is 0 Å². The Morgan fingerprint density at radius 2 is 1.95 bits per heavy atom. The van der Waals surface area contributed by atoms with Gasteiger partial charge in [0, 0.05) is 13.1 Å². The molecule has 3 N–H and O–H groups in total. The summed E-state index contributed by atoms with van der Waals surface area (Å²) in [5, 5.41) is 2.76. The van der Waals surface area contributed by atoms with Crippen molar-refractivity contribution >= 4 is 11.8 Å². The Balaban J connectivity index is 1.80. The van der Waals surface area contributed by atoms with Gasteiger partial charge in [0.15, 0.2) is 0 Å². The van der Waals surface area contributed by atoms with Crippen molar-refractivity contribution in [3.8, 4) is 0 Å². The number of rotatable bonds is 3. The van der Waals surface area contributed by atoms with Gasteiger partial charge in [-0.1, -0.05) is 19.8 Å². The van der Waals surface area contributed by atoms with E-state index in [1.807, 2.05) is 4.90 Å². The van der Waals surface area contributed by atoms with Crippen molar-refractivity contribution in [2.24, 2.45) is 11.7 Å².